The average Bonchev–Trinajstić information content (AvgIpc) is 3.86. The Morgan fingerprint density at radius 2 is 1.60 bits per heavy atom. The Kier molecular flexibility index (Phi) is 11.1. The molecule has 288 valence electrons. The summed E-state index contributed by atoms with van der Waals surface area (Å²) in [5.41, 5.74) is 9.14. The molecule has 1 aliphatic carbocycles. The Labute approximate surface area is 320 Å². The Morgan fingerprint density at radius 3 is 2.29 bits per heavy atom. The summed E-state index contributed by atoms with van der Waals surface area (Å²) in [7, 11) is -3.35. The van der Waals surface area contributed by atoms with Crippen LogP contribution in [0.15, 0.2) is 103 Å². The van der Waals surface area contributed by atoms with E-state index in [2.05, 4.69) is 15.5 Å². The van der Waals surface area contributed by atoms with Crippen molar-refractivity contribution in [3.8, 4) is 0 Å². The van der Waals surface area contributed by atoms with Crippen LogP contribution in [0.3, 0.4) is 0 Å². The number of nitrogens with two attached hydrogens (primary N) is 1. The molecule has 7 rings (SSSR count). The maximum absolute atomic E-state index is 15.4. The predicted octanol–water partition coefficient (Wildman–Crippen LogP) is 5.97. The molecule has 5 atom stereocenters. The van der Waals surface area contributed by atoms with Crippen molar-refractivity contribution in [2.75, 3.05) is 31.7 Å². The normalized spacial score (nSPS) is 22.6. The number of rotatable bonds is 14. The number of fused-ring (bicyclic) bond motifs is 1. The highest BCUT2D eigenvalue weighted by molar-refractivity contribution is 7.53. The smallest absolute Gasteiger partial charge is 0.332 e. The Bertz CT molecular complexity index is 2180. The van der Waals surface area contributed by atoms with Crippen molar-refractivity contribution < 1.29 is 33.4 Å². The van der Waals surface area contributed by atoms with Crippen molar-refractivity contribution in [1.82, 2.24) is 25.3 Å². The Hall–Kier alpha value is -5.04. The Balaban J connectivity index is 1.25. The molecule has 1 aromatic heterocycles. The monoisotopic (exact) mass is 766 g/mol. The summed E-state index contributed by atoms with van der Waals surface area (Å²) in [6.07, 6.45) is -2.24. The van der Waals surface area contributed by atoms with Gasteiger partial charge in [0.05, 0.1) is 36.5 Å². The number of aromatic amines is 1. The zero-order valence-corrected chi connectivity index (χ0v) is 31.8. The topological polar surface area (TPSA) is 183 Å². The number of urea groups is 1. The van der Waals surface area contributed by atoms with Crippen molar-refractivity contribution >= 4 is 36.3 Å². The van der Waals surface area contributed by atoms with E-state index in [1.165, 1.54) is 0 Å². The van der Waals surface area contributed by atoms with E-state index in [-0.39, 0.29) is 56.9 Å². The lowest BCUT2D eigenvalue weighted by molar-refractivity contribution is -0.0512. The number of aliphatic hydroxyl groups excluding tert-OH is 2. The van der Waals surface area contributed by atoms with Crippen molar-refractivity contribution in [3.63, 3.8) is 0 Å². The van der Waals surface area contributed by atoms with Crippen molar-refractivity contribution in [3.05, 3.63) is 131 Å². The highest BCUT2D eigenvalue weighted by atomic mass is 31.2. The van der Waals surface area contributed by atoms with Crippen LogP contribution in [0.25, 0.3) is 10.9 Å². The van der Waals surface area contributed by atoms with Crippen LogP contribution in [0.5, 0.6) is 0 Å². The molecule has 1 spiro atoms. The number of aliphatic hydroxyl groups is 2. The Morgan fingerprint density at radius 1 is 0.927 bits per heavy atom. The number of nitrogen functional groups attached to an aromatic ring is 1. The summed E-state index contributed by atoms with van der Waals surface area (Å²) in [5.74, 6) is -0.319. The van der Waals surface area contributed by atoms with Gasteiger partial charge < -0.3 is 40.1 Å². The number of H-pyrrole nitrogens is 1. The fourth-order valence-corrected chi connectivity index (χ4v) is 9.50. The van der Waals surface area contributed by atoms with E-state index in [1.807, 2.05) is 84.9 Å². The molecule has 1 aliphatic heterocycles. The maximum Gasteiger partial charge on any atom is 0.332 e. The van der Waals surface area contributed by atoms with Gasteiger partial charge in [0.1, 0.15) is 12.2 Å². The third kappa shape index (κ3) is 7.63. The first-order valence-electron chi connectivity index (χ1n) is 18.6. The van der Waals surface area contributed by atoms with Crippen molar-refractivity contribution in [1.29, 1.82) is 0 Å². The van der Waals surface area contributed by atoms with E-state index in [9.17, 15) is 19.6 Å². The first-order valence-corrected chi connectivity index (χ1v) is 20.3. The van der Waals surface area contributed by atoms with E-state index < -0.39 is 31.4 Å². The maximum atomic E-state index is 15.4. The van der Waals surface area contributed by atoms with Crippen molar-refractivity contribution in [2.45, 2.75) is 63.1 Å². The number of hydrogen-bond donors (Lipinski definition) is 5. The molecular formula is C41H47N6O7P. The second-order valence-electron chi connectivity index (χ2n) is 14.1. The average molecular weight is 767 g/mol. The number of anilines is 1. The molecule has 2 fully saturated rings. The van der Waals surface area contributed by atoms with Gasteiger partial charge in [-0.15, -0.1) is 0 Å². The van der Waals surface area contributed by atoms with Gasteiger partial charge in [-0.2, -0.15) is 5.10 Å². The third-order valence-corrected chi connectivity index (χ3v) is 12.7. The number of carbonyl (C=O) groups is 2. The summed E-state index contributed by atoms with van der Waals surface area (Å²) in [6, 6.07) is 30.3. The molecule has 1 saturated carbocycles. The lowest BCUT2D eigenvalue weighted by Crippen LogP contribution is -2.52. The van der Waals surface area contributed by atoms with Gasteiger partial charge in [-0.3, -0.25) is 14.5 Å². The third-order valence-electron chi connectivity index (χ3n) is 10.7. The fraction of sp³-hybridized carbons (Fsp3) is 0.341. The summed E-state index contributed by atoms with van der Waals surface area (Å²) in [6.45, 7) is 4.12. The van der Waals surface area contributed by atoms with Crippen LogP contribution in [0, 0.1) is 0 Å². The van der Waals surface area contributed by atoms with E-state index in [0.717, 1.165) is 16.6 Å². The van der Waals surface area contributed by atoms with Gasteiger partial charge in [0.2, 0.25) is 0 Å². The van der Waals surface area contributed by atoms with Crippen LogP contribution in [0.2, 0.25) is 0 Å². The molecule has 1 saturated heterocycles. The van der Waals surface area contributed by atoms with Gasteiger partial charge in [0.15, 0.2) is 5.82 Å². The van der Waals surface area contributed by atoms with Gasteiger partial charge in [-0.05, 0) is 66.8 Å². The number of aromatic nitrogens is 2. The van der Waals surface area contributed by atoms with Crippen LogP contribution in [0.1, 0.15) is 64.8 Å². The van der Waals surface area contributed by atoms with Crippen LogP contribution < -0.4 is 11.1 Å². The standard InChI is InChI=1S/C41H47N6O7P/c1-3-53-55(52,54-4-2)21-20-43-39(50)31-17-11-12-27(22-31)26-47-40(51)46(25-28-18-19-34-32(23-28)38(42)45-44-34)35(30-15-9-6-10-16-30)36(48)37(49)41(47)24-33(41)29-13-7-5-8-14-29/h5-19,22-23,33,35-37,48-49H,3-4,20-21,24-26H2,1-2H3,(H,43,50)(H3,42,44,45)/t33?,35-,36+,37-,41?/m1/s1. The molecule has 14 heteroatoms. The molecule has 0 bridgehead atoms. The number of benzene rings is 4. The number of hydrogen-bond acceptors (Lipinski definition) is 9. The van der Waals surface area contributed by atoms with Crippen LogP contribution in [-0.2, 0) is 26.7 Å². The number of carbonyl (C=O) groups excluding carboxylic acids is 2. The minimum atomic E-state index is -3.35. The summed E-state index contributed by atoms with van der Waals surface area (Å²) >= 11 is 0. The molecule has 13 nitrogen and oxygen atoms in total. The lowest BCUT2D eigenvalue weighted by Gasteiger charge is -2.36. The van der Waals surface area contributed by atoms with Crippen LogP contribution in [-0.4, -0.2) is 85.8 Å². The minimum Gasteiger partial charge on any atom is -0.388 e. The van der Waals surface area contributed by atoms with E-state index >= 15 is 4.79 Å². The first-order chi connectivity index (χ1) is 26.6. The van der Waals surface area contributed by atoms with E-state index in [4.69, 9.17) is 14.8 Å². The minimum absolute atomic E-state index is 0.0184. The summed E-state index contributed by atoms with van der Waals surface area (Å²) < 4.78 is 23.7. The molecule has 0 radical (unpaired) electrons. The van der Waals surface area contributed by atoms with Crippen LogP contribution >= 0.6 is 7.60 Å². The zero-order valence-electron chi connectivity index (χ0n) is 30.9. The largest absolute Gasteiger partial charge is 0.388 e. The molecule has 55 heavy (non-hydrogen) atoms. The molecule has 2 heterocycles. The molecule has 2 unspecified atom stereocenters. The van der Waals surface area contributed by atoms with E-state index in [0.29, 0.717) is 34.3 Å². The van der Waals surface area contributed by atoms with Crippen molar-refractivity contribution in [2.24, 2.45) is 0 Å². The molecule has 6 N–H and O–H groups in total. The summed E-state index contributed by atoms with van der Waals surface area (Å²) in [4.78, 5) is 32.0. The molecule has 4 aromatic carbocycles. The molecule has 3 amide bonds. The summed E-state index contributed by atoms with van der Waals surface area (Å²) in [5, 5.41) is 35.2. The van der Waals surface area contributed by atoms with Gasteiger partial charge >= 0.3 is 13.6 Å². The zero-order chi connectivity index (χ0) is 38.7. The second-order valence-corrected chi connectivity index (χ2v) is 16.2. The SMILES string of the molecule is CCOP(=O)(CCNC(=O)c1cccc(CN2C(=O)N(Cc3ccc4[nH]nc(N)c4c3)[C@H](c3ccccc3)[C@H](O)[C@@H](O)C23CC3c2ccccc2)c1)OCC. The number of nitrogens with one attached hydrogen (secondary N) is 2. The predicted molar refractivity (Wildman–Crippen MR) is 209 cm³/mol. The van der Waals surface area contributed by atoms with Gasteiger partial charge in [0.25, 0.3) is 5.91 Å². The van der Waals surface area contributed by atoms with E-state index in [1.54, 1.807) is 41.8 Å². The van der Waals surface area contributed by atoms with Gasteiger partial charge in [-0.1, -0.05) is 78.9 Å². The first kappa shape index (κ1) is 38.2. The van der Waals surface area contributed by atoms with Gasteiger partial charge in [-0.25, -0.2) is 4.79 Å². The molecular weight excluding hydrogens is 719 g/mol. The van der Waals surface area contributed by atoms with Crippen LogP contribution in [0.4, 0.5) is 10.6 Å². The number of nitrogens with zero attached hydrogens (tertiary/aromatic N) is 3. The lowest BCUT2D eigenvalue weighted by atomic mass is 9.89. The quantitative estimate of drug-likeness (QED) is 0.0851. The molecule has 2 aliphatic rings. The molecule has 5 aromatic rings. The second kappa shape index (κ2) is 16.0. The fourth-order valence-electron chi connectivity index (χ4n) is 8.00. The highest BCUT2D eigenvalue weighted by Gasteiger charge is 2.69. The number of amides is 3. The van der Waals surface area contributed by atoms with Gasteiger partial charge in [0, 0.05) is 36.5 Å². The highest BCUT2D eigenvalue weighted by Crippen LogP contribution is 2.61.